The molecule has 0 aromatic heterocycles. The predicted molar refractivity (Wildman–Crippen MR) is 72.5 cm³/mol. The number of nitrogens with zero attached hydrogens (tertiary/aromatic N) is 1. The first-order valence-electron chi connectivity index (χ1n) is 6.45. The topological polar surface area (TPSA) is 57.6 Å². The maximum atomic E-state index is 12.1. The quantitative estimate of drug-likeness (QED) is 0.846. The minimum atomic E-state index is -0.916. The van der Waals surface area contributed by atoms with Crippen molar-refractivity contribution in [1.82, 2.24) is 4.90 Å². The number of carbonyl (C=O) groups is 2. The summed E-state index contributed by atoms with van der Waals surface area (Å²) in [5.41, 5.74) is 0.930. The van der Waals surface area contributed by atoms with Gasteiger partial charge in [-0.25, -0.2) is 4.79 Å². The van der Waals surface area contributed by atoms with Crippen LogP contribution in [0.25, 0.3) is 6.08 Å². The summed E-state index contributed by atoms with van der Waals surface area (Å²) >= 11 is 0. The largest absolute Gasteiger partial charge is 0.480 e. The first kappa shape index (κ1) is 13.3. The van der Waals surface area contributed by atoms with Crippen molar-refractivity contribution in [2.24, 2.45) is 0 Å². The fourth-order valence-corrected chi connectivity index (χ4v) is 2.28. The summed E-state index contributed by atoms with van der Waals surface area (Å²) in [6, 6.07) is 8.81. The van der Waals surface area contributed by atoms with Gasteiger partial charge in [0.1, 0.15) is 6.04 Å². The molecule has 100 valence electrons. The Labute approximate surface area is 112 Å². The van der Waals surface area contributed by atoms with Crippen LogP contribution in [0.3, 0.4) is 0 Å². The smallest absolute Gasteiger partial charge is 0.326 e. The van der Waals surface area contributed by atoms with E-state index in [0.717, 1.165) is 18.4 Å². The molecule has 0 aliphatic carbocycles. The summed E-state index contributed by atoms with van der Waals surface area (Å²) in [4.78, 5) is 24.6. The van der Waals surface area contributed by atoms with E-state index in [-0.39, 0.29) is 5.91 Å². The van der Waals surface area contributed by atoms with Gasteiger partial charge in [-0.05, 0) is 30.9 Å². The van der Waals surface area contributed by atoms with E-state index >= 15 is 0 Å². The second-order valence-corrected chi connectivity index (χ2v) is 4.63. The Kier molecular flexibility index (Phi) is 4.34. The molecule has 1 fully saturated rings. The van der Waals surface area contributed by atoms with Crippen molar-refractivity contribution in [2.75, 3.05) is 6.54 Å². The van der Waals surface area contributed by atoms with Crippen LogP contribution < -0.4 is 0 Å². The van der Waals surface area contributed by atoms with Crippen LogP contribution in [0.1, 0.15) is 24.8 Å². The van der Waals surface area contributed by atoms with E-state index in [4.69, 9.17) is 5.11 Å². The lowest BCUT2D eigenvalue weighted by atomic mass is 10.0. The van der Waals surface area contributed by atoms with Crippen LogP contribution in [-0.2, 0) is 9.59 Å². The molecular weight excluding hydrogens is 242 g/mol. The number of aliphatic carboxylic acids is 1. The zero-order chi connectivity index (χ0) is 13.7. The lowest BCUT2D eigenvalue weighted by Gasteiger charge is -2.32. The summed E-state index contributed by atoms with van der Waals surface area (Å²) < 4.78 is 0. The molecule has 2 rings (SSSR count). The van der Waals surface area contributed by atoms with Gasteiger partial charge in [-0.2, -0.15) is 0 Å². The van der Waals surface area contributed by atoms with Crippen molar-refractivity contribution in [1.29, 1.82) is 0 Å². The Morgan fingerprint density at radius 3 is 2.63 bits per heavy atom. The van der Waals surface area contributed by atoms with Crippen molar-refractivity contribution in [3.8, 4) is 0 Å². The highest BCUT2D eigenvalue weighted by molar-refractivity contribution is 5.94. The maximum Gasteiger partial charge on any atom is 0.326 e. The molecule has 1 saturated heterocycles. The molecule has 1 amide bonds. The van der Waals surface area contributed by atoms with E-state index < -0.39 is 12.0 Å². The van der Waals surface area contributed by atoms with E-state index in [9.17, 15) is 9.59 Å². The highest BCUT2D eigenvalue weighted by Gasteiger charge is 2.30. The van der Waals surface area contributed by atoms with E-state index in [0.29, 0.717) is 13.0 Å². The predicted octanol–water partition coefficient (Wildman–Crippen LogP) is 2.17. The molecule has 0 spiro atoms. The van der Waals surface area contributed by atoms with E-state index in [1.807, 2.05) is 30.3 Å². The van der Waals surface area contributed by atoms with Crippen LogP contribution in [0, 0.1) is 0 Å². The molecule has 0 bridgehead atoms. The molecule has 0 unspecified atom stereocenters. The van der Waals surface area contributed by atoms with Crippen LogP contribution >= 0.6 is 0 Å². The highest BCUT2D eigenvalue weighted by Crippen LogP contribution is 2.18. The van der Waals surface area contributed by atoms with Gasteiger partial charge in [-0.15, -0.1) is 0 Å². The molecule has 1 N–H and O–H groups in total. The molecule has 1 aromatic rings. The molecule has 0 radical (unpaired) electrons. The van der Waals surface area contributed by atoms with Gasteiger partial charge in [0.25, 0.3) is 0 Å². The maximum absolute atomic E-state index is 12.1. The molecule has 19 heavy (non-hydrogen) atoms. The number of likely N-dealkylation sites (tertiary alicyclic amines) is 1. The number of piperidine rings is 1. The van der Waals surface area contributed by atoms with Crippen LogP contribution in [0.15, 0.2) is 36.4 Å². The first-order chi connectivity index (χ1) is 9.18. The Bertz CT molecular complexity index is 481. The monoisotopic (exact) mass is 259 g/mol. The van der Waals surface area contributed by atoms with Gasteiger partial charge in [0.2, 0.25) is 5.91 Å². The number of benzene rings is 1. The van der Waals surface area contributed by atoms with Gasteiger partial charge in [0, 0.05) is 12.6 Å². The molecular formula is C15H17NO3. The summed E-state index contributed by atoms with van der Waals surface area (Å²) in [6.45, 7) is 0.523. The molecule has 4 heteroatoms. The second kappa shape index (κ2) is 6.18. The standard InChI is InChI=1S/C15H17NO3/c17-14(10-9-12-6-2-1-3-7-12)16-11-5-4-8-13(16)15(18)19/h1-3,6-7,9-10,13H,4-5,8,11H2,(H,18,19)/b10-9-/t13-/m0/s1. The fourth-order valence-electron chi connectivity index (χ4n) is 2.28. The fraction of sp³-hybridized carbons (Fsp3) is 0.333. The molecule has 1 heterocycles. The SMILES string of the molecule is O=C(O)[C@@H]1CCCCN1C(=O)/C=C\c1ccccc1. The van der Waals surface area contributed by atoms with Gasteiger partial charge < -0.3 is 10.0 Å². The first-order valence-corrected chi connectivity index (χ1v) is 6.45. The summed E-state index contributed by atoms with van der Waals surface area (Å²) in [7, 11) is 0. The average molecular weight is 259 g/mol. The lowest BCUT2D eigenvalue weighted by Crippen LogP contribution is -2.47. The zero-order valence-corrected chi connectivity index (χ0v) is 10.7. The highest BCUT2D eigenvalue weighted by atomic mass is 16.4. The minimum Gasteiger partial charge on any atom is -0.480 e. The van der Waals surface area contributed by atoms with E-state index in [2.05, 4.69) is 0 Å². The van der Waals surface area contributed by atoms with Crippen molar-refractivity contribution in [3.63, 3.8) is 0 Å². The van der Waals surface area contributed by atoms with Crippen molar-refractivity contribution < 1.29 is 14.7 Å². The van der Waals surface area contributed by atoms with Gasteiger partial charge in [0.15, 0.2) is 0 Å². The molecule has 1 aliphatic heterocycles. The lowest BCUT2D eigenvalue weighted by molar-refractivity contribution is -0.150. The number of carboxylic acid groups (broad SMARTS) is 1. The third-order valence-electron chi connectivity index (χ3n) is 3.29. The Morgan fingerprint density at radius 1 is 1.21 bits per heavy atom. The van der Waals surface area contributed by atoms with Crippen LogP contribution in [0.2, 0.25) is 0 Å². The van der Waals surface area contributed by atoms with Gasteiger partial charge in [0.05, 0.1) is 0 Å². The van der Waals surface area contributed by atoms with Crippen LogP contribution in [-0.4, -0.2) is 34.5 Å². The molecule has 1 atom stereocenters. The van der Waals surface area contributed by atoms with Crippen LogP contribution in [0.4, 0.5) is 0 Å². The number of rotatable bonds is 3. The zero-order valence-electron chi connectivity index (χ0n) is 10.7. The third-order valence-corrected chi connectivity index (χ3v) is 3.29. The van der Waals surface area contributed by atoms with Crippen molar-refractivity contribution in [3.05, 3.63) is 42.0 Å². The van der Waals surface area contributed by atoms with Gasteiger partial charge in [-0.1, -0.05) is 30.3 Å². The number of carbonyl (C=O) groups excluding carboxylic acids is 1. The summed E-state index contributed by atoms with van der Waals surface area (Å²) in [5.74, 6) is -1.14. The summed E-state index contributed by atoms with van der Waals surface area (Å²) in [5, 5.41) is 9.12. The summed E-state index contributed by atoms with van der Waals surface area (Å²) in [6.07, 6.45) is 5.45. The average Bonchev–Trinajstić information content (AvgIpc) is 2.46. The number of hydrogen-bond donors (Lipinski definition) is 1. The van der Waals surface area contributed by atoms with Gasteiger partial charge >= 0.3 is 5.97 Å². The minimum absolute atomic E-state index is 0.226. The Morgan fingerprint density at radius 2 is 1.95 bits per heavy atom. The van der Waals surface area contributed by atoms with Crippen LogP contribution in [0.5, 0.6) is 0 Å². The van der Waals surface area contributed by atoms with E-state index in [1.54, 1.807) is 6.08 Å². The third kappa shape index (κ3) is 3.44. The molecule has 1 aromatic carbocycles. The number of hydrogen-bond acceptors (Lipinski definition) is 2. The molecule has 4 nitrogen and oxygen atoms in total. The number of amides is 1. The molecule has 0 saturated carbocycles. The van der Waals surface area contributed by atoms with Gasteiger partial charge in [-0.3, -0.25) is 4.79 Å². The van der Waals surface area contributed by atoms with Crippen molar-refractivity contribution >= 4 is 18.0 Å². The number of carboxylic acids is 1. The Hall–Kier alpha value is -2.10. The van der Waals surface area contributed by atoms with Crippen molar-refractivity contribution in [2.45, 2.75) is 25.3 Å². The normalized spacial score (nSPS) is 19.6. The molecule has 1 aliphatic rings. The second-order valence-electron chi connectivity index (χ2n) is 4.63. The van der Waals surface area contributed by atoms with E-state index in [1.165, 1.54) is 11.0 Å². The Balaban J connectivity index is 2.06.